The number of hydrogen-bond acceptors (Lipinski definition) is 2. The second-order valence-electron chi connectivity index (χ2n) is 2.90. The summed E-state index contributed by atoms with van der Waals surface area (Å²) in [7, 11) is 0. The van der Waals surface area contributed by atoms with E-state index in [4.69, 9.17) is 4.74 Å². The van der Waals surface area contributed by atoms with E-state index in [1.54, 1.807) is 0 Å². The van der Waals surface area contributed by atoms with Gasteiger partial charge in [0.25, 0.3) is 0 Å². The third-order valence-electron chi connectivity index (χ3n) is 1.92. The molecule has 2 unspecified atom stereocenters. The Hall–Kier alpha value is -0.370. The minimum absolute atomic E-state index is 0.209. The molecule has 2 nitrogen and oxygen atoms in total. The molecule has 10 heavy (non-hydrogen) atoms. The summed E-state index contributed by atoms with van der Waals surface area (Å²) in [6.45, 7) is 2.07. The van der Waals surface area contributed by atoms with Gasteiger partial charge in [-0.2, -0.15) is 0 Å². The second kappa shape index (κ2) is 3.71. The largest absolute Gasteiger partial charge is 0.375 e. The second-order valence-corrected chi connectivity index (χ2v) is 2.90. The fraction of sp³-hybridized carbons (Fsp3) is 0.875. The van der Waals surface area contributed by atoms with Crippen LogP contribution in [0.3, 0.4) is 0 Å². The Morgan fingerprint density at radius 3 is 3.00 bits per heavy atom. The Labute approximate surface area is 61.6 Å². The maximum Gasteiger partial charge on any atom is 0.122 e. The first-order valence-electron chi connectivity index (χ1n) is 3.92. The molecule has 1 saturated heterocycles. The number of hydrogen-bond donors (Lipinski definition) is 0. The molecule has 0 aromatic carbocycles. The van der Waals surface area contributed by atoms with Gasteiger partial charge in [-0.1, -0.05) is 0 Å². The first kappa shape index (κ1) is 7.73. The number of aldehydes is 1. The van der Waals surface area contributed by atoms with Crippen LogP contribution >= 0.6 is 0 Å². The lowest BCUT2D eigenvalue weighted by Gasteiger charge is -2.26. The number of carbonyl (C=O) groups is 1. The minimum atomic E-state index is 0.209. The normalized spacial score (nSPS) is 33.7. The highest BCUT2D eigenvalue weighted by molar-refractivity contribution is 5.50. The van der Waals surface area contributed by atoms with Crippen LogP contribution in [-0.2, 0) is 9.53 Å². The monoisotopic (exact) mass is 142 g/mol. The van der Waals surface area contributed by atoms with Crippen LogP contribution in [0.1, 0.15) is 32.6 Å². The first-order valence-corrected chi connectivity index (χ1v) is 3.92. The van der Waals surface area contributed by atoms with E-state index < -0.39 is 0 Å². The van der Waals surface area contributed by atoms with Crippen LogP contribution in [0.5, 0.6) is 0 Å². The van der Waals surface area contributed by atoms with Gasteiger partial charge in [-0.15, -0.1) is 0 Å². The smallest absolute Gasteiger partial charge is 0.122 e. The van der Waals surface area contributed by atoms with Crippen molar-refractivity contribution < 1.29 is 9.53 Å². The Bertz CT molecular complexity index is 112. The Morgan fingerprint density at radius 2 is 2.40 bits per heavy atom. The molecule has 1 rings (SSSR count). The van der Waals surface area contributed by atoms with Crippen LogP contribution in [0.2, 0.25) is 0 Å². The molecule has 1 heterocycles. The summed E-state index contributed by atoms with van der Waals surface area (Å²) in [5, 5.41) is 0. The van der Waals surface area contributed by atoms with E-state index in [2.05, 4.69) is 6.92 Å². The van der Waals surface area contributed by atoms with Gasteiger partial charge in [-0.05, 0) is 26.2 Å². The summed E-state index contributed by atoms with van der Waals surface area (Å²) < 4.78 is 5.50. The highest BCUT2D eigenvalue weighted by Crippen LogP contribution is 2.19. The molecule has 0 saturated carbocycles. The Balaban J connectivity index is 2.24. The SMILES string of the molecule is CC1CCCC(CC=O)O1. The van der Waals surface area contributed by atoms with Crippen molar-refractivity contribution in [1.29, 1.82) is 0 Å². The van der Waals surface area contributed by atoms with Crippen LogP contribution in [0, 0.1) is 0 Å². The van der Waals surface area contributed by atoms with E-state index in [0.29, 0.717) is 12.5 Å². The van der Waals surface area contributed by atoms with Gasteiger partial charge < -0.3 is 9.53 Å². The third-order valence-corrected chi connectivity index (χ3v) is 1.92. The molecular formula is C8H14O2. The lowest BCUT2D eigenvalue weighted by Crippen LogP contribution is -2.25. The third kappa shape index (κ3) is 2.10. The maximum absolute atomic E-state index is 10.1. The van der Waals surface area contributed by atoms with Gasteiger partial charge in [0.15, 0.2) is 0 Å². The molecule has 0 aromatic rings. The molecule has 0 N–H and O–H groups in total. The lowest BCUT2D eigenvalue weighted by molar-refractivity contribution is -0.113. The van der Waals surface area contributed by atoms with Gasteiger partial charge >= 0.3 is 0 Å². The molecule has 0 spiro atoms. The van der Waals surface area contributed by atoms with Gasteiger partial charge in [0.05, 0.1) is 12.2 Å². The van der Waals surface area contributed by atoms with Crippen LogP contribution in [0.4, 0.5) is 0 Å². The lowest BCUT2D eigenvalue weighted by atomic mass is 10.0. The standard InChI is InChI=1S/C8H14O2/c1-7-3-2-4-8(10-7)5-6-9/h6-8H,2-5H2,1H3. The van der Waals surface area contributed by atoms with E-state index >= 15 is 0 Å². The summed E-state index contributed by atoms with van der Waals surface area (Å²) in [6.07, 6.45) is 5.51. The van der Waals surface area contributed by atoms with E-state index in [1.165, 1.54) is 6.42 Å². The topological polar surface area (TPSA) is 26.3 Å². The van der Waals surface area contributed by atoms with E-state index in [-0.39, 0.29) is 6.10 Å². The molecule has 0 aliphatic carbocycles. The van der Waals surface area contributed by atoms with Gasteiger partial charge in [0.1, 0.15) is 6.29 Å². The van der Waals surface area contributed by atoms with Gasteiger partial charge in [0.2, 0.25) is 0 Å². The molecule has 1 fully saturated rings. The fourth-order valence-electron chi connectivity index (χ4n) is 1.38. The molecule has 58 valence electrons. The summed E-state index contributed by atoms with van der Waals surface area (Å²) in [6, 6.07) is 0. The molecule has 0 amide bonds. The van der Waals surface area contributed by atoms with Crippen LogP contribution in [-0.4, -0.2) is 18.5 Å². The van der Waals surface area contributed by atoms with Crippen molar-refractivity contribution in [1.82, 2.24) is 0 Å². The zero-order chi connectivity index (χ0) is 7.40. The van der Waals surface area contributed by atoms with Crippen molar-refractivity contribution in [3.63, 3.8) is 0 Å². The molecule has 2 heteroatoms. The molecule has 0 bridgehead atoms. The van der Waals surface area contributed by atoms with E-state index in [0.717, 1.165) is 19.1 Å². The highest BCUT2D eigenvalue weighted by atomic mass is 16.5. The molecule has 1 aliphatic rings. The van der Waals surface area contributed by atoms with E-state index in [9.17, 15) is 4.79 Å². The molecule has 2 atom stereocenters. The van der Waals surface area contributed by atoms with E-state index in [1.807, 2.05) is 0 Å². The fourth-order valence-corrected chi connectivity index (χ4v) is 1.38. The van der Waals surface area contributed by atoms with Crippen molar-refractivity contribution in [2.45, 2.75) is 44.8 Å². The Morgan fingerprint density at radius 1 is 1.60 bits per heavy atom. The number of ether oxygens (including phenoxy) is 1. The summed E-state index contributed by atoms with van der Waals surface area (Å²) in [5.74, 6) is 0. The van der Waals surface area contributed by atoms with Crippen molar-refractivity contribution in [3.05, 3.63) is 0 Å². The zero-order valence-electron chi connectivity index (χ0n) is 6.38. The van der Waals surface area contributed by atoms with Crippen molar-refractivity contribution in [2.75, 3.05) is 0 Å². The molecular weight excluding hydrogens is 128 g/mol. The average molecular weight is 142 g/mol. The molecule has 0 radical (unpaired) electrons. The summed E-state index contributed by atoms with van der Waals surface area (Å²) in [5.41, 5.74) is 0. The van der Waals surface area contributed by atoms with Crippen LogP contribution < -0.4 is 0 Å². The van der Waals surface area contributed by atoms with Gasteiger partial charge in [0, 0.05) is 6.42 Å². The Kier molecular flexibility index (Phi) is 2.87. The molecule has 1 aliphatic heterocycles. The van der Waals surface area contributed by atoms with Crippen molar-refractivity contribution in [2.24, 2.45) is 0 Å². The minimum Gasteiger partial charge on any atom is -0.375 e. The quantitative estimate of drug-likeness (QED) is 0.546. The van der Waals surface area contributed by atoms with Gasteiger partial charge in [-0.3, -0.25) is 0 Å². The highest BCUT2D eigenvalue weighted by Gasteiger charge is 2.17. The maximum atomic E-state index is 10.1. The summed E-state index contributed by atoms with van der Waals surface area (Å²) in [4.78, 5) is 10.1. The number of rotatable bonds is 2. The zero-order valence-corrected chi connectivity index (χ0v) is 6.38. The average Bonchev–Trinajstić information content (AvgIpc) is 1.88. The van der Waals surface area contributed by atoms with Crippen LogP contribution in [0.15, 0.2) is 0 Å². The summed E-state index contributed by atoms with van der Waals surface area (Å²) >= 11 is 0. The molecule has 0 aromatic heterocycles. The predicted molar refractivity (Wildman–Crippen MR) is 38.9 cm³/mol. The van der Waals surface area contributed by atoms with Crippen molar-refractivity contribution >= 4 is 6.29 Å². The van der Waals surface area contributed by atoms with Crippen LogP contribution in [0.25, 0.3) is 0 Å². The van der Waals surface area contributed by atoms with Gasteiger partial charge in [-0.25, -0.2) is 0 Å². The predicted octanol–water partition coefficient (Wildman–Crippen LogP) is 1.53. The first-order chi connectivity index (χ1) is 4.83. The van der Waals surface area contributed by atoms with Crippen molar-refractivity contribution in [3.8, 4) is 0 Å². The number of carbonyl (C=O) groups excluding carboxylic acids is 1.